The predicted molar refractivity (Wildman–Crippen MR) is 52.2 cm³/mol. The van der Waals surface area contributed by atoms with Crippen LogP contribution in [0.3, 0.4) is 0 Å². The summed E-state index contributed by atoms with van der Waals surface area (Å²) in [6.07, 6.45) is 0. The molecule has 0 aliphatic heterocycles. The van der Waals surface area contributed by atoms with Gasteiger partial charge in [-0.05, 0) is 22.4 Å². The first-order chi connectivity index (χ1) is 4.00. The quantitative estimate of drug-likeness (QED) is 0.372. The monoisotopic (exact) mass is 362 g/mol. The van der Waals surface area contributed by atoms with Crippen molar-refractivity contribution in [2.45, 2.75) is 0 Å². The Morgan fingerprint density at radius 1 is 0.625 bits per heavy atom. The van der Waals surface area contributed by atoms with Crippen LogP contribution < -0.4 is 0 Å². The van der Waals surface area contributed by atoms with Gasteiger partial charge in [0.2, 0.25) is 0 Å². The van der Waals surface area contributed by atoms with Gasteiger partial charge in [-0.25, -0.2) is 0 Å². The SMILES string of the molecule is O.O.O.O.O.O=S([O-])([O-])=S.O=S([O-])([O-])=S.[Ti+4]. The molecule has 0 bridgehead atoms. The average molecular weight is 362 g/mol. The molecule has 0 saturated heterocycles. The second-order valence-corrected chi connectivity index (χ2v) is 4.90. The van der Waals surface area contributed by atoms with Crippen LogP contribution in [0.2, 0.25) is 0 Å². The van der Waals surface area contributed by atoms with E-state index < -0.39 is 18.1 Å². The van der Waals surface area contributed by atoms with Crippen LogP contribution >= 0.6 is 0 Å². The first-order valence-corrected chi connectivity index (χ1v) is 6.00. The summed E-state index contributed by atoms with van der Waals surface area (Å²) < 4.78 is 53.3. The molecule has 0 aliphatic rings. The van der Waals surface area contributed by atoms with Crippen molar-refractivity contribution in [1.82, 2.24) is 0 Å². The van der Waals surface area contributed by atoms with E-state index >= 15 is 0 Å². The third-order valence-corrected chi connectivity index (χ3v) is 0. The van der Waals surface area contributed by atoms with Crippen LogP contribution in [0.4, 0.5) is 0 Å². The fourth-order valence-electron chi connectivity index (χ4n) is 0. The largest absolute Gasteiger partial charge is 4.00 e. The van der Waals surface area contributed by atoms with Crippen molar-refractivity contribution < 1.29 is 75.7 Å². The Morgan fingerprint density at radius 3 is 0.625 bits per heavy atom. The molecule has 104 valence electrons. The van der Waals surface area contributed by atoms with Gasteiger partial charge in [0.15, 0.2) is 0 Å². The molecule has 0 amide bonds. The van der Waals surface area contributed by atoms with Crippen LogP contribution in [0.15, 0.2) is 0 Å². The fraction of sp³-hybridized carbons (Fsp3) is 0. The molecule has 0 saturated carbocycles. The average Bonchev–Trinajstić information content (AvgIpc) is 1.12. The van der Waals surface area contributed by atoms with Crippen LogP contribution in [0.1, 0.15) is 0 Å². The van der Waals surface area contributed by atoms with Gasteiger partial charge < -0.3 is 45.6 Å². The van der Waals surface area contributed by atoms with Crippen molar-refractivity contribution in [3.05, 3.63) is 0 Å². The maximum atomic E-state index is 8.89. The molecule has 0 aromatic heterocycles. The Labute approximate surface area is 116 Å². The van der Waals surface area contributed by atoms with Gasteiger partial charge in [0.25, 0.3) is 0 Å². The van der Waals surface area contributed by atoms with Gasteiger partial charge in [-0.15, -0.1) is 18.1 Å². The summed E-state index contributed by atoms with van der Waals surface area (Å²) in [6.45, 7) is 0. The molecule has 0 aromatic rings. The molecule has 0 radical (unpaired) electrons. The Balaban J connectivity index is -0.00000000970. The van der Waals surface area contributed by atoms with Crippen LogP contribution in [0, 0.1) is 0 Å². The summed E-state index contributed by atoms with van der Waals surface area (Å²) in [5, 5.41) is 0. The third-order valence-electron chi connectivity index (χ3n) is 0. The Hall–Kier alpha value is 1.09. The topological polar surface area (TPSA) is 284 Å². The summed E-state index contributed by atoms with van der Waals surface area (Å²) in [4.78, 5) is 0. The van der Waals surface area contributed by atoms with Crippen molar-refractivity contribution >= 4 is 40.5 Å². The van der Waals surface area contributed by atoms with Crippen LogP contribution in [0.5, 0.6) is 0 Å². The van der Waals surface area contributed by atoms with Gasteiger partial charge in [-0.3, -0.25) is 8.42 Å². The smallest absolute Gasteiger partial charge is 0.780 e. The minimum Gasteiger partial charge on any atom is -0.780 e. The third kappa shape index (κ3) is 2500. The van der Waals surface area contributed by atoms with E-state index in [0.29, 0.717) is 0 Å². The molecule has 10 N–H and O–H groups in total. The van der Waals surface area contributed by atoms with E-state index in [4.69, 9.17) is 26.6 Å². The second kappa shape index (κ2) is 21.4. The molecule has 0 unspecified atom stereocenters. The van der Waals surface area contributed by atoms with Gasteiger partial charge in [-0.2, -0.15) is 0 Å². The minimum atomic E-state index is -4.33. The summed E-state index contributed by atoms with van der Waals surface area (Å²) in [5.41, 5.74) is 0. The van der Waals surface area contributed by atoms with Crippen molar-refractivity contribution in [2.75, 3.05) is 0 Å². The van der Waals surface area contributed by atoms with Crippen LogP contribution in [-0.2, 0) is 62.2 Å². The van der Waals surface area contributed by atoms with Gasteiger partial charge in [0.1, 0.15) is 0 Å². The first-order valence-electron chi connectivity index (χ1n) is 1.33. The Morgan fingerprint density at radius 2 is 0.625 bits per heavy atom. The standard InChI is InChI=1S/2H2O3S2.5H2O.Ti/c2*1-5(2,3)4;;;;;;/h2*(H2,1,2,3,4);5*1H2;/q;;;;;;;+4/p-4. The molecule has 0 spiro atoms. The molecular weight excluding hydrogens is 352 g/mol. The maximum Gasteiger partial charge on any atom is 4.00 e. The van der Waals surface area contributed by atoms with Gasteiger partial charge in [-0.1, -0.05) is 0 Å². The van der Waals surface area contributed by atoms with Crippen molar-refractivity contribution in [1.29, 1.82) is 0 Å². The zero-order valence-electron chi connectivity index (χ0n) is 7.08. The first kappa shape index (κ1) is 53.5. The predicted octanol–water partition coefficient (Wildman–Crippen LogP) is -6.14. The van der Waals surface area contributed by atoms with Crippen LogP contribution in [0.25, 0.3) is 0 Å². The zero-order chi connectivity index (χ0) is 9.00. The second-order valence-electron chi connectivity index (χ2n) is 0.816. The Kier molecular flexibility index (Phi) is 71.6. The molecule has 0 atom stereocenters. The van der Waals surface area contributed by atoms with E-state index in [-0.39, 0.29) is 49.1 Å². The number of hydrogen-bond acceptors (Lipinski definition) is 8. The van der Waals surface area contributed by atoms with E-state index in [0.717, 1.165) is 0 Å². The van der Waals surface area contributed by atoms with E-state index in [2.05, 4.69) is 22.4 Å². The molecule has 0 rings (SSSR count). The van der Waals surface area contributed by atoms with Gasteiger partial charge >= 0.3 is 21.7 Å². The zero-order valence-corrected chi connectivity index (χ0v) is 11.9. The van der Waals surface area contributed by atoms with Gasteiger partial charge in [0, 0.05) is 0 Å². The molecule has 11 nitrogen and oxygen atoms in total. The molecule has 16 heteroatoms. The molecule has 16 heavy (non-hydrogen) atoms. The fourth-order valence-corrected chi connectivity index (χ4v) is 0. The Bertz CT molecular complexity index is 214. The van der Waals surface area contributed by atoms with E-state index in [1.165, 1.54) is 0 Å². The van der Waals surface area contributed by atoms with E-state index in [1.807, 2.05) is 0 Å². The molecule has 0 aliphatic carbocycles. The summed E-state index contributed by atoms with van der Waals surface area (Å²) >= 11 is 6.49. The number of hydrogen-bond donors (Lipinski definition) is 0. The number of rotatable bonds is 0. The van der Waals surface area contributed by atoms with Gasteiger partial charge in [0.05, 0.1) is 0 Å². The maximum absolute atomic E-state index is 8.89. The summed E-state index contributed by atoms with van der Waals surface area (Å²) in [5.74, 6) is 0. The van der Waals surface area contributed by atoms with Crippen molar-refractivity contribution in [2.24, 2.45) is 0 Å². The summed E-state index contributed by atoms with van der Waals surface area (Å²) in [6, 6.07) is 0. The van der Waals surface area contributed by atoms with E-state index in [1.54, 1.807) is 0 Å². The minimum absolute atomic E-state index is 0. The summed E-state index contributed by atoms with van der Waals surface area (Å²) in [7, 11) is -8.67. The molecule has 0 aromatic carbocycles. The van der Waals surface area contributed by atoms with Crippen molar-refractivity contribution in [3.8, 4) is 0 Å². The molecule has 0 fully saturated rings. The molecule has 0 heterocycles. The van der Waals surface area contributed by atoms with E-state index in [9.17, 15) is 0 Å². The van der Waals surface area contributed by atoms with Crippen LogP contribution in [-0.4, -0.2) is 54.0 Å². The normalized spacial score (nSPS) is 7.25. The molecular formula is H10O11S4Ti. The van der Waals surface area contributed by atoms with Crippen molar-refractivity contribution in [3.63, 3.8) is 0 Å².